The van der Waals surface area contributed by atoms with Gasteiger partial charge in [0.1, 0.15) is 23.2 Å². The monoisotopic (exact) mass is 735 g/mol. The third-order valence-electron chi connectivity index (χ3n) is 11.6. The number of rotatable bonds is 4. The van der Waals surface area contributed by atoms with Crippen molar-refractivity contribution in [2.45, 2.75) is 12.6 Å². The van der Waals surface area contributed by atoms with Crippen molar-refractivity contribution in [3.63, 3.8) is 0 Å². The zero-order chi connectivity index (χ0) is 36.7. The smallest absolute Gasteiger partial charge is 0.155 e. The first-order chi connectivity index (χ1) is 27.7. The fourth-order valence-electron chi connectivity index (χ4n) is 8.90. The summed E-state index contributed by atoms with van der Waals surface area (Å²) in [6.07, 6.45) is 13.7. The van der Waals surface area contributed by atoms with Crippen LogP contribution in [0.25, 0.3) is 74.8 Å². The highest BCUT2D eigenvalue weighted by molar-refractivity contribution is 7.26. The number of aliphatic imine (C=N–C) groups is 2. The lowest BCUT2D eigenvalue weighted by molar-refractivity contribution is 0.667. The second-order valence-electron chi connectivity index (χ2n) is 14.9. The van der Waals surface area contributed by atoms with E-state index < -0.39 is 0 Å². The zero-order valence-electron chi connectivity index (χ0n) is 30.2. The van der Waals surface area contributed by atoms with Gasteiger partial charge in [-0.2, -0.15) is 0 Å². The van der Waals surface area contributed by atoms with Crippen molar-refractivity contribution in [1.29, 1.82) is 0 Å². The maximum absolute atomic E-state index is 6.69. The molecule has 0 spiro atoms. The van der Waals surface area contributed by atoms with Crippen LogP contribution in [0.4, 0.5) is 0 Å². The highest BCUT2D eigenvalue weighted by Crippen LogP contribution is 2.45. The quantitative estimate of drug-likeness (QED) is 0.196. The summed E-state index contributed by atoms with van der Waals surface area (Å²) in [5.41, 5.74) is 8.59. The van der Waals surface area contributed by atoms with E-state index in [0.717, 1.165) is 62.3 Å². The van der Waals surface area contributed by atoms with Crippen molar-refractivity contribution in [1.82, 2.24) is 5.32 Å². The molecule has 56 heavy (non-hydrogen) atoms. The summed E-state index contributed by atoms with van der Waals surface area (Å²) in [7, 11) is 0. The lowest BCUT2D eigenvalue weighted by Crippen LogP contribution is -2.34. The average molecular weight is 736 g/mol. The van der Waals surface area contributed by atoms with Crippen molar-refractivity contribution in [2.75, 3.05) is 0 Å². The Labute approximate surface area is 326 Å². The van der Waals surface area contributed by atoms with Crippen LogP contribution in [0.3, 0.4) is 0 Å². The normalized spacial score (nSPS) is 18.0. The van der Waals surface area contributed by atoms with Crippen LogP contribution >= 0.6 is 11.3 Å². The predicted molar refractivity (Wildman–Crippen MR) is 236 cm³/mol. The average Bonchev–Trinajstić information content (AvgIpc) is 3.83. The van der Waals surface area contributed by atoms with Gasteiger partial charge in [0, 0.05) is 48.0 Å². The number of hydrogen-bond donors (Lipinski definition) is 1. The number of benzene rings is 7. The topological polar surface area (TPSA) is 49.9 Å². The van der Waals surface area contributed by atoms with E-state index >= 15 is 0 Å². The first-order valence-electron chi connectivity index (χ1n) is 19.2. The summed E-state index contributed by atoms with van der Waals surface area (Å²) < 4.78 is 9.26. The molecule has 1 N–H and O–H groups in total. The van der Waals surface area contributed by atoms with Crippen LogP contribution < -0.4 is 5.32 Å². The van der Waals surface area contributed by atoms with Crippen LogP contribution in [0.15, 0.2) is 195 Å². The molecule has 0 saturated carbocycles. The molecular formula is C51H33N3OS. The molecule has 5 heteroatoms. The van der Waals surface area contributed by atoms with Crippen molar-refractivity contribution in [3.05, 3.63) is 192 Å². The Morgan fingerprint density at radius 2 is 1.36 bits per heavy atom. The van der Waals surface area contributed by atoms with E-state index in [2.05, 4.69) is 175 Å². The number of allylic oxidation sites excluding steroid dienone is 7. The summed E-state index contributed by atoms with van der Waals surface area (Å²) in [5.74, 6) is 1.87. The number of furan rings is 1. The summed E-state index contributed by atoms with van der Waals surface area (Å²) in [5, 5.41) is 13.4. The van der Waals surface area contributed by atoms with Crippen LogP contribution in [0.5, 0.6) is 0 Å². The van der Waals surface area contributed by atoms with E-state index in [1.807, 2.05) is 11.3 Å². The van der Waals surface area contributed by atoms with Gasteiger partial charge in [0.25, 0.3) is 0 Å². The molecule has 3 heterocycles. The predicted octanol–water partition coefficient (Wildman–Crippen LogP) is 13.4. The fraction of sp³-hybridized carbons (Fsp3) is 0.0588. The van der Waals surface area contributed by atoms with Gasteiger partial charge in [-0.25, -0.2) is 9.98 Å². The Kier molecular flexibility index (Phi) is 6.95. The van der Waals surface area contributed by atoms with Crippen LogP contribution in [0.2, 0.25) is 0 Å². The van der Waals surface area contributed by atoms with Gasteiger partial charge in [-0.15, -0.1) is 11.3 Å². The molecule has 2 aliphatic carbocycles. The third-order valence-corrected chi connectivity index (χ3v) is 12.8. The molecule has 0 fully saturated rings. The summed E-state index contributed by atoms with van der Waals surface area (Å²) in [6, 6.07) is 47.9. The second kappa shape index (κ2) is 12.4. The molecule has 264 valence electrons. The number of nitrogens with one attached hydrogen (secondary N) is 1. The molecule has 2 unspecified atom stereocenters. The van der Waals surface area contributed by atoms with E-state index in [4.69, 9.17) is 14.4 Å². The number of amidine groups is 2. The lowest BCUT2D eigenvalue weighted by atomic mass is 9.84. The Morgan fingerprint density at radius 3 is 2.21 bits per heavy atom. The van der Waals surface area contributed by atoms with Gasteiger partial charge in [-0.1, -0.05) is 140 Å². The van der Waals surface area contributed by atoms with E-state index in [9.17, 15) is 0 Å². The number of thiophene rings is 1. The molecule has 9 aromatic rings. The Balaban J connectivity index is 1.06. The van der Waals surface area contributed by atoms with E-state index in [1.54, 1.807) is 0 Å². The van der Waals surface area contributed by atoms with Gasteiger partial charge in [-0.05, 0) is 80.6 Å². The Bertz CT molecular complexity index is 3330. The molecule has 0 amide bonds. The largest absolute Gasteiger partial charge is 0.456 e. The van der Waals surface area contributed by atoms with Crippen molar-refractivity contribution in [3.8, 4) is 11.1 Å². The molecule has 3 aliphatic rings. The van der Waals surface area contributed by atoms with Crippen LogP contribution in [0, 0.1) is 5.92 Å². The van der Waals surface area contributed by atoms with Crippen LogP contribution in [-0.2, 0) is 0 Å². The third kappa shape index (κ3) is 4.98. The van der Waals surface area contributed by atoms with Crippen LogP contribution in [0.1, 0.15) is 23.7 Å². The van der Waals surface area contributed by atoms with Crippen molar-refractivity contribution >= 4 is 86.7 Å². The molecule has 4 nitrogen and oxygen atoms in total. The standard InChI is InChI=1S/C51H33N3OS/c1-3-12-32-26-36(24-22-30(32)10-1)49-52-50(37-25-23-31-11-2-4-13-33(31)27-37)54-51(53-49)41-19-9-21-44-47(41)46-38(16-8-20-43(46)55-44)39-17-7-18-40-42-28-34-14-5-6-15-35(34)29-45(42)56-48(39)40/h1-26,28-29,33,49H,27H2,(H,52,53,54). The Morgan fingerprint density at radius 1 is 0.625 bits per heavy atom. The molecule has 2 aromatic heterocycles. The molecule has 0 saturated heterocycles. The molecule has 7 aromatic carbocycles. The first-order valence-corrected chi connectivity index (χ1v) is 20.0. The van der Waals surface area contributed by atoms with Gasteiger partial charge in [-0.3, -0.25) is 0 Å². The molecule has 1 aliphatic heterocycles. The van der Waals surface area contributed by atoms with Crippen molar-refractivity contribution in [2.24, 2.45) is 15.9 Å². The van der Waals surface area contributed by atoms with Crippen LogP contribution in [-0.4, -0.2) is 11.7 Å². The van der Waals surface area contributed by atoms with Gasteiger partial charge >= 0.3 is 0 Å². The highest BCUT2D eigenvalue weighted by atomic mass is 32.1. The lowest BCUT2D eigenvalue weighted by Gasteiger charge is -2.27. The summed E-state index contributed by atoms with van der Waals surface area (Å²) >= 11 is 1.87. The number of fused-ring (bicyclic) bond motifs is 9. The van der Waals surface area contributed by atoms with Gasteiger partial charge in [0.05, 0.1) is 0 Å². The molecule has 0 bridgehead atoms. The maximum atomic E-state index is 6.69. The summed E-state index contributed by atoms with van der Waals surface area (Å²) in [4.78, 5) is 10.7. The molecular weight excluding hydrogens is 703 g/mol. The van der Waals surface area contributed by atoms with E-state index in [0.29, 0.717) is 5.92 Å². The Hall–Kier alpha value is -6.82. The second-order valence-corrected chi connectivity index (χ2v) is 16.0. The minimum atomic E-state index is -0.328. The zero-order valence-corrected chi connectivity index (χ0v) is 31.1. The molecule has 12 rings (SSSR count). The summed E-state index contributed by atoms with van der Waals surface area (Å²) in [6.45, 7) is 0. The minimum absolute atomic E-state index is 0.314. The van der Waals surface area contributed by atoms with Gasteiger partial charge in [0.15, 0.2) is 5.84 Å². The van der Waals surface area contributed by atoms with Gasteiger partial charge in [0.2, 0.25) is 0 Å². The first kappa shape index (κ1) is 31.5. The van der Waals surface area contributed by atoms with E-state index in [1.165, 1.54) is 52.9 Å². The fourth-order valence-corrected chi connectivity index (χ4v) is 10.2. The SMILES string of the molecule is C1=CC2=CC=C(C3=NC(c4ccc5ccccc5c4)NC(c4cccc5oc6cccc(-c7cccc8c7sc7cc9ccccc9cc78)c6c45)=N3)CC2C=C1. The highest BCUT2D eigenvalue weighted by Gasteiger charge is 2.28. The van der Waals surface area contributed by atoms with Crippen molar-refractivity contribution < 1.29 is 4.42 Å². The van der Waals surface area contributed by atoms with Gasteiger partial charge < -0.3 is 9.73 Å². The molecule has 0 radical (unpaired) electrons. The number of hydrogen-bond acceptors (Lipinski definition) is 5. The molecule has 2 atom stereocenters. The number of nitrogens with zero attached hydrogens (tertiary/aromatic N) is 2. The minimum Gasteiger partial charge on any atom is -0.456 e. The maximum Gasteiger partial charge on any atom is 0.155 e. The van der Waals surface area contributed by atoms with E-state index in [-0.39, 0.29) is 6.17 Å².